The Hall–Kier alpha value is -2.14. The van der Waals surface area contributed by atoms with E-state index in [-0.39, 0.29) is 5.56 Å². The number of aromatic carboxylic acids is 1. The van der Waals surface area contributed by atoms with Gasteiger partial charge in [0.25, 0.3) is 0 Å². The summed E-state index contributed by atoms with van der Waals surface area (Å²) in [5, 5.41) is 9.08. The van der Waals surface area contributed by atoms with E-state index in [1.807, 2.05) is 36.6 Å². The summed E-state index contributed by atoms with van der Waals surface area (Å²) in [4.78, 5) is 15.6. The van der Waals surface area contributed by atoms with Gasteiger partial charge in [-0.15, -0.1) is 0 Å². The van der Waals surface area contributed by atoms with Crippen molar-refractivity contribution in [3.05, 3.63) is 57.8 Å². The minimum atomic E-state index is -0.942. The van der Waals surface area contributed by atoms with E-state index in [1.54, 1.807) is 18.2 Å². The summed E-state index contributed by atoms with van der Waals surface area (Å²) >= 11 is 3.49. The molecule has 0 radical (unpaired) electrons. The molecule has 0 aliphatic carbocycles. The molecule has 2 aromatic carbocycles. The third kappa shape index (κ3) is 2.34. The molecule has 106 valence electrons. The normalized spacial score (nSPS) is 11.0. The van der Waals surface area contributed by atoms with Crippen LogP contribution in [0.2, 0.25) is 0 Å². The molecule has 0 aliphatic heterocycles. The Labute approximate surface area is 130 Å². The van der Waals surface area contributed by atoms with Gasteiger partial charge in [0.15, 0.2) is 0 Å². The van der Waals surface area contributed by atoms with Gasteiger partial charge in [-0.25, -0.2) is 9.78 Å². The van der Waals surface area contributed by atoms with Crippen molar-refractivity contribution in [3.8, 4) is 5.69 Å². The van der Waals surface area contributed by atoms with E-state index in [1.165, 1.54) is 0 Å². The molecule has 3 aromatic rings. The summed E-state index contributed by atoms with van der Waals surface area (Å²) in [5.74, 6) is -0.114. The molecule has 0 fully saturated rings. The lowest BCUT2D eigenvalue weighted by atomic mass is 10.1. The number of carboxylic acid groups (broad SMARTS) is 1. The Morgan fingerprint density at radius 3 is 2.67 bits per heavy atom. The number of aromatic nitrogens is 2. The predicted molar refractivity (Wildman–Crippen MR) is 85.2 cm³/mol. The van der Waals surface area contributed by atoms with Gasteiger partial charge in [-0.3, -0.25) is 4.57 Å². The van der Waals surface area contributed by atoms with E-state index in [0.717, 1.165) is 27.1 Å². The minimum absolute atomic E-state index is 0.248. The molecule has 0 saturated heterocycles. The Morgan fingerprint density at radius 1 is 1.19 bits per heavy atom. The molecular formula is C16H13BrN2O2. The summed E-state index contributed by atoms with van der Waals surface area (Å²) < 4.78 is 3.03. The highest BCUT2D eigenvalue weighted by Crippen LogP contribution is 2.26. The maximum absolute atomic E-state index is 11.1. The van der Waals surface area contributed by atoms with Crippen LogP contribution in [-0.2, 0) is 0 Å². The van der Waals surface area contributed by atoms with Crippen LogP contribution in [-0.4, -0.2) is 20.6 Å². The number of carbonyl (C=O) groups is 1. The molecule has 0 atom stereocenters. The first-order chi connectivity index (χ1) is 9.97. The van der Waals surface area contributed by atoms with E-state index in [2.05, 4.69) is 20.9 Å². The standard InChI is InChI=1S/C16H13BrN2O2/c1-9-3-5-12(17)8-15(9)19-10(2)18-13-7-11(16(20)21)4-6-14(13)19/h3-8H,1-2H3,(H,20,21). The smallest absolute Gasteiger partial charge is 0.335 e. The van der Waals surface area contributed by atoms with E-state index >= 15 is 0 Å². The van der Waals surface area contributed by atoms with Crippen molar-refractivity contribution in [3.63, 3.8) is 0 Å². The number of carboxylic acids is 1. The zero-order valence-electron chi connectivity index (χ0n) is 11.6. The van der Waals surface area contributed by atoms with Crippen LogP contribution in [0.25, 0.3) is 16.7 Å². The molecule has 0 unspecified atom stereocenters. The summed E-state index contributed by atoms with van der Waals surface area (Å²) in [5.41, 5.74) is 4.00. The second-order valence-corrected chi connectivity index (χ2v) is 5.85. The van der Waals surface area contributed by atoms with E-state index in [0.29, 0.717) is 5.52 Å². The minimum Gasteiger partial charge on any atom is -0.478 e. The van der Waals surface area contributed by atoms with Crippen molar-refractivity contribution < 1.29 is 9.90 Å². The molecule has 1 heterocycles. The van der Waals surface area contributed by atoms with Crippen LogP contribution in [0.4, 0.5) is 0 Å². The lowest BCUT2D eigenvalue weighted by molar-refractivity contribution is 0.0697. The average Bonchev–Trinajstić information content (AvgIpc) is 2.76. The Morgan fingerprint density at radius 2 is 1.95 bits per heavy atom. The molecule has 1 aromatic heterocycles. The van der Waals surface area contributed by atoms with Crippen LogP contribution in [0.15, 0.2) is 40.9 Å². The van der Waals surface area contributed by atoms with Gasteiger partial charge in [-0.2, -0.15) is 0 Å². The molecule has 0 amide bonds. The lowest BCUT2D eigenvalue weighted by Gasteiger charge is -2.11. The summed E-state index contributed by atoms with van der Waals surface area (Å²) in [6.07, 6.45) is 0. The third-order valence-corrected chi connectivity index (χ3v) is 3.97. The molecule has 1 N–H and O–H groups in total. The van der Waals surface area contributed by atoms with Crippen LogP contribution in [0.3, 0.4) is 0 Å². The SMILES string of the molecule is Cc1ccc(Br)cc1-n1c(C)nc2cc(C(=O)O)ccc21. The monoisotopic (exact) mass is 344 g/mol. The largest absolute Gasteiger partial charge is 0.478 e. The van der Waals surface area contributed by atoms with Gasteiger partial charge in [0.1, 0.15) is 5.82 Å². The second kappa shape index (κ2) is 5.00. The lowest BCUT2D eigenvalue weighted by Crippen LogP contribution is -2.00. The number of hydrogen-bond acceptors (Lipinski definition) is 2. The Kier molecular flexibility index (Phi) is 3.29. The number of halogens is 1. The zero-order valence-corrected chi connectivity index (χ0v) is 13.2. The molecule has 21 heavy (non-hydrogen) atoms. The van der Waals surface area contributed by atoms with Crippen molar-refractivity contribution in [2.45, 2.75) is 13.8 Å². The highest BCUT2D eigenvalue weighted by atomic mass is 79.9. The number of imidazole rings is 1. The van der Waals surface area contributed by atoms with Gasteiger partial charge in [-0.1, -0.05) is 22.0 Å². The number of fused-ring (bicyclic) bond motifs is 1. The van der Waals surface area contributed by atoms with Crippen molar-refractivity contribution in [2.24, 2.45) is 0 Å². The topological polar surface area (TPSA) is 55.1 Å². The van der Waals surface area contributed by atoms with Crippen LogP contribution in [0, 0.1) is 13.8 Å². The van der Waals surface area contributed by atoms with E-state index < -0.39 is 5.97 Å². The maximum atomic E-state index is 11.1. The average molecular weight is 345 g/mol. The molecule has 5 heteroatoms. The van der Waals surface area contributed by atoms with Crippen molar-refractivity contribution in [2.75, 3.05) is 0 Å². The fourth-order valence-electron chi connectivity index (χ4n) is 2.46. The highest BCUT2D eigenvalue weighted by Gasteiger charge is 2.13. The van der Waals surface area contributed by atoms with E-state index in [9.17, 15) is 4.79 Å². The highest BCUT2D eigenvalue weighted by molar-refractivity contribution is 9.10. The van der Waals surface area contributed by atoms with Crippen LogP contribution in [0.1, 0.15) is 21.7 Å². The number of rotatable bonds is 2. The molecular weight excluding hydrogens is 332 g/mol. The summed E-state index contributed by atoms with van der Waals surface area (Å²) in [6.45, 7) is 3.96. The first kappa shape index (κ1) is 13.8. The number of aryl methyl sites for hydroxylation is 2. The number of benzene rings is 2. The first-order valence-electron chi connectivity index (χ1n) is 6.46. The Balaban J connectivity index is 2.30. The number of hydrogen-bond donors (Lipinski definition) is 1. The zero-order chi connectivity index (χ0) is 15.1. The van der Waals surface area contributed by atoms with Gasteiger partial charge in [0, 0.05) is 4.47 Å². The quantitative estimate of drug-likeness (QED) is 0.761. The van der Waals surface area contributed by atoms with Crippen LogP contribution >= 0.6 is 15.9 Å². The molecule has 3 rings (SSSR count). The second-order valence-electron chi connectivity index (χ2n) is 4.93. The molecule has 0 spiro atoms. The van der Waals surface area contributed by atoms with Crippen LogP contribution < -0.4 is 0 Å². The van der Waals surface area contributed by atoms with E-state index in [4.69, 9.17) is 5.11 Å². The molecule has 0 saturated carbocycles. The fourth-order valence-corrected chi connectivity index (χ4v) is 2.81. The molecule has 0 bridgehead atoms. The van der Waals surface area contributed by atoms with Gasteiger partial charge in [0.2, 0.25) is 0 Å². The third-order valence-electron chi connectivity index (χ3n) is 3.48. The van der Waals surface area contributed by atoms with Crippen molar-refractivity contribution >= 4 is 32.9 Å². The first-order valence-corrected chi connectivity index (χ1v) is 7.25. The predicted octanol–water partition coefficient (Wildman–Crippen LogP) is 4.10. The summed E-state index contributed by atoms with van der Waals surface area (Å²) in [7, 11) is 0. The van der Waals surface area contributed by atoms with Crippen molar-refractivity contribution in [1.29, 1.82) is 0 Å². The fraction of sp³-hybridized carbons (Fsp3) is 0.125. The summed E-state index contributed by atoms with van der Waals surface area (Å²) in [6, 6.07) is 11.1. The van der Waals surface area contributed by atoms with Crippen molar-refractivity contribution in [1.82, 2.24) is 9.55 Å². The van der Waals surface area contributed by atoms with Gasteiger partial charge in [-0.05, 0) is 49.7 Å². The maximum Gasteiger partial charge on any atom is 0.335 e. The van der Waals surface area contributed by atoms with Gasteiger partial charge in [0.05, 0.1) is 22.3 Å². The Bertz CT molecular complexity index is 868. The van der Waals surface area contributed by atoms with Gasteiger partial charge < -0.3 is 5.11 Å². The number of nitrogens with zero attached hydrogens (tertiary/aromatic N) is 2. The molecule has 0 aliphatic rings. The molecule has 4 nitrogen and oxygen atoms in total. The van der Waals surface area contributed by atoms with Gasteiger partial charge >= 0.3 is 5.97 Å². The van der Waals surface area contributed by atoms with Crippen LogP contribution in [0.5, 0.6) is 0 Å².